The van der Waals surface area contributed by atoms with Crippen LogP contribution in [0, 0.1) is 18.6 Å². The van der Waals surface area contributed by atoms with Gasteiger partial charge in [0.1, 0.15) is 16.5 Å². The average molecular weight is 581 g/mol. The van der Waals surface area contributed by atoms with E-state index in [1.54, 1.807) is 31.2 Å². The number of rotatable bonds is 7. The first-order valence-corrected chi connectivity index (χ1v) is 12.9. The van der Waals surface area contributed by atoms with Crippen molar-refractivity contribution in [1.82, 2.24) is 24.8 Å². The lowest BCUT2D eigenvalue weighted by atomic mass is 10.1. The second-order valence-corrected chi connectivity index (χ2v) is 9.68. The lowest BCUT2D eigenvalue weighted by molar-refractivity contribution is 0.114. The third-order valence-electron chi connectivity index (χ3n) is 6.27. The number of hydrogen-bond acceptors (Lipinski definition) is 8. The van der Waals surface area contributed by atoms with Gasteiger partial charge in [0.05, 0.1) is 31.8 Å². The van der Waals surface area contributed by atoms with Gasteiger partial charge in [-0.05, 0) is 36.8 Å². The van der Waals surface area contributed by atoms with Crippen molar-refractivity contribution in [2.75, 3.05) is 19.5 Å². The van der Waals surface area contributed by atoms with E-state index < -0.39 is 35.5 Å². The van der Waals surface area contributed by atoms with Crippen LogP contribution < -0.4 is 26.8 Å². The molecule has 0 unspecified atom stereocenters. The molecule has 2 amide bonds. The van der Waals surface area contributed by atoms with Gasteiger partial charge < -0.3 is 10.1 Å². The van der Waals surface area contributed by atoms with Crippen LogP contribution in [0.5, 0.6) is 5.88 Å². The zero-order valence-electron chi connectivity index (χ0n) is 21.9. The highest BCUT2D eigenvalue weighted by Crippen LogP contribution is 2.40. The number of hydroxylamine groups is 1. The summed E-state index contributed by atoms with van der Waals surface area (Å²) in [5.41, 5.74) is 1.67. The lowest BCUT2D eigenvalue weighted by Crippen LogP contribution is -2.39. The van der Waals surface area contributed by atoms with E-state index in [0.29, 0.717) is 21.7 Å². The number of thiophene rings is 1. The van der Waals surface area contributed by atoms with Crippen LogP contribution in [-0.4, -0.2) is 39.6 Å². The van der Waals surface area contributed by atoms with E-state index in [1.807, 2.05) is 0 Å². The minimum atomic E-state index is -0.872. The van der Waals surface area contributed by atoms with E-state index in [-0.39, 0.29) is 27.5 Å². The highest BCUT2D eigenvalue weighted by atomic mass is 32.1. The Balaban J connectivity index is 1.80. The van der Waals surface area contributed by atoms with E-state index in [4.69, 9.17) is 4.74 Å². The molecule has 0 bridgehead atoms. The van der Waals surface area contributed by atoms with Gasteiger partial charge in [-0.3, -0.25) is 14.2 Å². The second kappa shape index (κ2) is 11.3. The number of aromatic nitrogens is 4. The van der Waals surface area contributed by atoms with Crippen LogP contribution in [0.15, 0.2) is 64.2 Å². The second-order valence-electron chi connectivity index (χ2n) is 8.69. The van der Waals surface area contributed by atoms with Crippen LogP contribution >= 0.6 is 11.3 Å². The number of halogens is 2. The summed E-state index contributed by atoms with van der Waals surface area (Å²) in [7, 11) is 2.68. The summed E-state index contributed by atoms with van der Waals surface area (Å²) in [4.78, 5) is 45.3. The fourth-order valence-corrected chi connectivity index (χ4v) is 5.69. The number of urea groups is 1. The number of amides is 2. The molecule has 14 heteroatoms. The quantitative estimate of drug-likeness (QED) is 0.279. The van der Waals surface area contributed by atoms with E-state index in [2.05, 4.69) is 25.8 Å². The molecule has 2 aromatic carbocycles. The van der Waals surface area contributed by atoms with E-state index in [9.17, 15) is 23.2 Å². The number of hydrogen-bond donors (Lipinski definition) is 2. The molecular formula is C27H22F2N6O5S. The Hall–Kier alpha value is -4.95. The molecule has 0 radical (unpaired) electrons. The molecule has 0 aliphatic heterocycles. The SMILES string of the molecule is CONC(=O)Nc1ccccc1-c1sc2c(c1C)c(=O)n(-c1ccc(OC)nn1)c(=O)n2Cc1c(F)cccc1F. The predicted octanol–water partition coefficient (Wildman–Crippen LogP) is 4.00. The Morgan fingerprint density at radius 1 is 1.00 bits per heavy atom. The van der Waals surface area contributed by atoms with E-state index >= 15 is 0 Å². The van der Waals surface area contributed by atoms with Crippen LogP contribution in [0.1, 0.15) is 11.1 Å². The fraction of sp³-hybridized carbons (Fsp3) is 0.148. The molecule has 0 aliphatic carbocycles. The van der Waals surface area contributed by atoms with Crippen molar-refractivity contribution in [3.05, 3.63) is 98.2 Å². The Morgan fingerprint density at radius 2 is 1.73 bits per heavy atom. The van der Waals surface area contributed by atoms with Crippen molar-refractivity contribution in [3.63, 3.8) is 0 Å². The number of nitrogens with one attached hydrogen (secondary N) is 2. The first-order valence-electron chi connectivity index (χ1n) is 12.0. The molecule has 0 fully saturated rings. The van der Waals surface area contributed by atoms with Crippen LogP contribution in [0.3, 0.4) is 0 Å². The highest BCUT2D eigenvalue weighted by molar-refractivity contribution is 7.22. The number of carbonyl (C=O) groups excluding carboxylic acids is 1. The number of fused-ring (bicyclic) bond motifs is 1. The van der Waals surface area contributed by atoms with Gasteiger partial charge in [0.2, 0.25) is 5.88 Å². The van der Waals surface area contributed by atoms with E-state index in [0.717, 1.165) is 32.6 Å². The fourth-order valence-electron chi connectivity index (χ4n) is 4.36. The molecule has 210 valence electrons. The van der Waals surface area contributed by atoms with Crippen molar-refractivity contribution < 1.29 is 23.1 Å². The molecule has 41 heavy (non-hydrogen) atoms. The maximum Gasteiger partial charge on any atom is 0.343 e. The number of nitrogens with zero attached hydrogens (tertiary/aromatic N) is 4. The Morgan fingerprint density at radius 3 is 2.39 bits per heavy atom. The van der Waals surface area contributed by atoms with Crippen molar-refractivity contribution in [1.29, 1.82) is 0 Å². The van der Waals surface area contributed by atoms with Gasteiger partial charge in [-0.25, -0.2) is 28.4 Å². The number of carbonyl (C=O) groups is 1. The van der Waals surface area contributed by atoms with Crippen LogP contribution in [0.25, 0.3) is 26.5 Å². The maximum atomic E-state index is 14.7. The average Bonchev–Trinajstić information content (AvgIpc) is 3.30. The van der Waals surface area contributed by atoms with Crippen molar-refractivity contribution >= 4 is 33.3 Å². The summed E-state index contributed by atoms with van der Waals surface area (Å²) in [5, 5.41) is 10.6. The van der Waals surface area contributed by atoms with Gasteiger partial charge in [0.25, 0.3) is 5.56 Å². The maximum absolute atomic E-state index is 14.7. The lowest BCUT2D eigenvalue weighted by Gasteiger charge is -2.13. The normalized spacial score (nSPS) is 11.0. The molecular weight excluding hydrogens is 558 g/mol. The Kier molecular flexibility index (Phi) is 7.59. The summed E-state index contributed by atoms with van der Waals surface area (Å²) < 4.78 is 36.4. The molecule has 0 saturated heterocycles. The van der Waals surface area contributed by atoms with Crippen LogP contribution in [-0.2, 0) is 11.4 Å². The predicted molar refractivity (Wildman–Crippen MR) is 149 cm³/mol. The summed E-state index contributed by atoms with van der Waals surface area (Å²) in [6, 6.07) is 12.4. The standard InChI is InChI=1S/C27H22F2N6O5S/c1-14-22-24(36)35(20-11-12-21(39-2)32-31-20)27(38)34(13-16-17(28)8-6-9-18(16)29)25(22)41-23(14)15-7-4-5-10-19(15)30-26(37)33-40-3/h4-12H,13H2,1-3H3,(H2,30,33,37). The molecule has 5 rings (SSSR count). The van der Waals surface area contributed by atoms with Gasteiger partial charge in [-0.15, -0.1) is 21.5 Å². The molecule has 3 aromatic heterocycles. The van der Waals surface area contributed by atoms with Crippen molar-refractivity contribution in [2.45, 2.75) is 13.5 Å². The number of para-hydroxylation sites is 1. The molecule has 3 heterocycles. The molecule has 0 spiro atoms. The number of anilines is 1. The highest BCUT2D eigenvalue weighted by Gasteiger charge is 2.25. The van der Waals surface area contributed by atoms with E-state index in [1.165, 1.54) is 32.4 Å². The van der Waals surface area contributed by atoms with Crippen molar-refractivity contribution in [3.8, 4) is 22.1 Å². The zero-order chi connectivity index (χ0) is 29.3. The van der Waals surface area contributed by atoms with Gasteiger partial charge in [0.15, 0.2) is 5.82 Å². The van der Waals surface area contributed by atoms with Gasteiger partial charge in [0, 0.05) is 22.1 Å². The Bertz CT molecular complexity index is 1880. The van der Waals surface area contributed by atoms with Crippen LogP contribution in [0.2, 0.25) is 0 Å². The zero-order valence-corrected chi connectivity index (χ0v) is 22.7. The molecule has 0 atom stereocenters. The van der Waals surface area contributed by atoms with Gasteiger partial charge in [-0.1, -0.05) is 24.3 Å². The summed E-state index contributed by atoms with van der Waals surface area (Å²) in [5.74, 6) is -1.64. The number of ether oxygens (including phenoxy) is 1. The number of benzene rings is 2. The van der Waals surface area contributed by atoms with Gasteiger partial charge in [-0.2, -0.15) is 0 Å². The molecule has 5 aromatic rings. The molecule has 0 aliphatic rings. The molecule has 0 saturated carbocycles. The summed E-state index contributed by atoms with van der Waals surface area (Å²) in [6.07, 6.45) is 0. The smallest absolute Gasteiger partial charge is 0.343 e. The summed E-state index contributed by atoms with van der Waals surface area (Å²) in [6.45, 7) is 1.18. The number of methoxy groups -OCH3 is 1. The first-order chi connectivity index (χ1) is 19.7. The van der Waals surface area contributed by atoms with Crippen molar-refractivity contribution in [2.24, 2.45) is 0 Å². The molecule has 2 N–H and O–H groups in total. The molecule has 11 nitrogen and oxygen atoms in total. The monoisotopic (exact) mass is 580 g/mol. The third-order valence-corrected chi connectivity index (χ3v) is 7.62. The minimum Gasteiger partial charge on any atom is -0.480 e. The Labute approximate surface area is 234 Å². The topological polar surface area (TPSA) is 129 Å². The minimum absolute atomic E-state index is 0.101. The summed E-state index contributed by atoms with van der Waals surface area (Å²) >= 11 is 1.07. The van der Waals surface area contributed by atoms with Gasteiger partial charge >= 0.3 is 11.7 Å². The third kappa shape index (κ3) is 5.05. The first kappa shape index (κ1) is 27.6. The van der Waals surface area contributed by atoms with Crippen LogP contribution in [0.4, 0.5) is 19.3 Å². The number of aryl methyl sites for hydroxylation is 1. The largest absolute Gasteiger partial charge is 0.480 e.